The van der Waals surface area contributed by atoms with Crippen LogP contribution in [0.4, 0.5) is 4.39 Å². The predicted molar refractivity (Wildman–Crippen MR) is 129 cm³/mol. The molecule has 4 aromatic rings. The lowest BCUT2D eigenvalue weighted by atomic mass is 9.94. The Hall–Kier alpha value is -4.07. The van der Waals surface area contributed by atoms with Gasteiger partial charge in [-0.05, 0) is 61.7 Å². The fourth-order valence-electron chi connectivity index (χ4n) is 4.45. The van der Waals surface area contributed by atoms with E-state index in [0.717, 1.165) is 24.2 Å². The second-order valence-corrected chi connectivity index (χ2v) is 8.70. The largest absolute Gasteiger partial charge is 0.437 e. The molecular weight excluding hydrogens is 445 g/mol. The van der Waals surface area contributed by atoms with Crippen molar-refractivity contribution in [2.75, 3.05) is 13.1 Å². The summed E-state index contributed by atoms with van der Waals surface area (Å²) in [5.74, 6) is 1.47. The molecule has 5 rings (SSSR count). The highest BCUT2D eigenvalue weighted by Gasteiger charge is 2.29. The molecule has 8 heteroatoms. The first-order chi connectivity index (χ1) is 17.1. The topological polar surface area (TPSA) is 73.1 Å². The minimum atomic E-state index is -0.331. The number of likely N-dealkylation sites (tertiary alicyclic amines) is 1. The van der Waals surface area contributed by atoms with Gasteiger partial charge in [-0.1, -0.05) is 12.1 Å². The van der Waals surface area contributed by atoms with Crippen LogP contribution in [0.3, 0.4) is 0 Å². The highest BCUT2D eigenvalue weighted by molar-refractivity contribution is 5.94. The van der Waals surface area contributed by atoms with Gasteiger partial charge in [-0.15, -0.1) is 0 Å². The van der Waals surface area contributed by atoms with Crippen molar-refractivity contribution in [1.29, 1.82) is 0 Å². The first-order valence-electron chi connectivity index (χ1n) is 11.7. The summed E-state index contributed by atoms with van der Waals surface area (Å²) in [6.07, 6.45) is 8.65. The molecule has 0 spiro atoms. The summed E-state index contributed by atoms with van der Waals surface area (Å²) >= 11 is 0. The summed E-state index contributed by atoms with van der Waals surface area (Å²) < 4.78 is 21.2. The Bertz CT molecular complexity index is 1320. The van der Waals surface area contributed by atoms with E-state index in [1.165, 1.54) is 12.1 Å². The van der Waals surface area contributed by atoms with Gasteiger partial charge in [0.15, 0.2) is 0 Å². The van der Waals surface area contributed by atoms with Crippen LogP contribution < -0.4 is 4.74 Å². The van der Waals surface area contributed by atoms with E-state index in [1.54, 1.807) is 30.7 Å². The third kappa shape index (κ3) is 5.21. The van der Waals surface area contributed by atoms with Crippen molar-refractivity contribution in [1.82, 2.24) is 24.4 Å². The van der Waals surface area contributed by atoms with Gasteiger partial charge in [0.2, 0.25) is 5.88 Å². The van der Waals surface area contributed by atoms with Crippen LogP contribution in [0.2, 0.25) is 0 Å². The Balaban J connectivity index is 1.32. The summed E-state index contributed by atoms with van der Waals surface area (Å²) in [6.45, 7) is 3.85. The number of benzene rings is 2. The highest BCUT2D eigenvalue weighted by atomic mass is 19.1. The summed E-state index contributed by atoms with van der Waals surface area (Å²) in [4.78, 5) is 28.5. The molecule has 1 aliphatic heterocycles. The molecule has 0 aliphatic carbocycles. The van der Waals surface area contributed by atoms with E-state index in [2.05, 4.69) is 19.5 Å². The zero-order valence-corrected chi connectivity index (χ0v) is 19.5. The van der Waals surface area contributed by atoms with Gasteiger partial charge in [0, 0.05) is 55.9 Å². The van der Waals surface area contributed by atoms with Crippen molar-refractivity contribution in [3.63, 3.8) is 0 Å². The van der Waals surface area contributed by atoms with Crippen molar-refractivity contribution < 1.29 is 13.9 Å². The number of piperidine rings is 1. The fraction of sp³-hybridized carbons (Fsp3) is 0.259. The van der Waals surface area contributed by atoms with Gasteiger partial charge in [-0.3, -0.25) is 9.78 Å². The fourth-order valence-corrected chi connectivity index (χ4v) is 4.45. The molecule has 0 N–H and O–H groups in total. The number of imidazole rings is 1. The highest BCUT2D eigenvalue weighted by Crippen LogP contribution is 2.33. The standard InChI is InChI=1S/C27H26FN5O2/c1-19-29-13-15-32(19)17-20-4-2-5-21(16-20)27(34)33-14-3-6-22(18-33)25-26(31-12-11-30-25)35-24-9-7-23(28)8-10-24/h2,4-5,7-13,15-16,22H,3,6,14,17-18H2,1H3/t22-/m1/s1. The zero-order valence-electron chi connectivity index (χ0n) is 19.5. The van der Waals surface area contributed by atoms with Gasteiger partial charge in [0.25, 0.3) is 5.91 Å². The number of carbonyl (C=O) groups excluding carboxylic acids is 1. The zero-order chi connectivity index (χ0) is 24.2. The molecule has 1 aliphatic rings. The molecule has 2 aromatic carbocycles. The van der Waals surface area contributed by atoms with E-state index in [4.69, 9.17) is 4.74 Å². The van der Waals surface area contributed by atoms with Crippen LogP contribution in [0.5, 0.6) is 11.6 Å². The van der Waals surface area contributed by atoms with E-state index in [1.807, 2.05) is 42.3 Å². The summed E-state index contributed by atoms with van der Waals surface area (Å²) in [5, 5.41) is 0. The number of nitrogens with zero attached hydrogens (tertiary/aromatic N) is 5. The number of amides is 1. The van der Waals surface area contributed by atoms with E-state index < -0.39 is 0 Å². The minimum Gasteiger partial charge on any atom is -0.437 e. The average molecular weight is 472 g/mol. The Kier molecular flexibility index (Phi) is 6.52. The molecule has 0 bridgehead atoms. The minimum absolute atomic E-state index is 0.00352. The average Bonchev–Trinajstić information content (AvgIpc) is 3.29. The Morgan fingerprint density at radius 2 is 1.91 bits per heavy atom. The maximum atomic E-state index is 13.4. The number of rotatable bonds is 6. The lowest BCUT2D eigenvalue weighted by Gasteiger charge is -2.33. The third-order valence-electron chi connectivity index (χ3n) is 6.27. The Labute approximate surface area is 203 Å². The van der Waals surface area contributed by atoms with Crippen LogP contribution in [0.25, 0.3) is 0 Å². The molecule has 0 unspecified atom stereocenters. The van der Waals surface area contributed by atoms with Crippen LogP contribution >= 0.6 is 0 Å². The molecule has 1 amide bonds. The predicted octanol–water partition coefficient (Wildman–Crippen LogP) is 4.98. The molecule has 7 nitrogen and oxygen atoms in total. The Morgan fingerprint density at radius 1 is 1.09 bits per heavy atom. The molecule has 0 radical (unpaired) electrons. The molecule has 2 aromatic heterocycles. The number of aromatic nitrogens is 4. The Morgan fingerprint density at radius 3 is 2.71 bits per heavy atom. The first-order valence-corrected chi connectivity index (χ1v) is 11.7. The number of halogens is 1. The van der Waals surface area contributed by atoms with Crippen molar-refractivity contribution in [2.24, 2.45) is 0 Å². The maximum Gasteiger partial charge on any atom is 0.253 e. The summed E-state index contributed by atoms with van der Waals surface area (Å²) in [5.41, 5.74) is 2.43. The normalized spacial score (nSPS) is 15.7. The number of aryl methyl sites for hydroxylation is 1. The monoisotopic (exact) mass is 471 g/mol. The second-order valence-electron chi connectivity index (χ2n) is 8.70. The van der Waals surface area contributed by atoms with Crippen LogP contribution in [0.15, 0.2) is 73.3 Å². The molecule has 1 atom stereocenters. The summed E-state index contributed by atoms with van der Waals surface area (Å²) in [7, 11) is 0. The second kappa shape index (κ2) is 10.0. The van der Waals surface area contributed by atoms with Gasteiger partial charge in [-0.25, -0.2) is 14.4 Å². The number of hydrogen-bond donors (Lipinski definition) is 0. The number of ether oxygens (including phenoxy) is 1. The van der Waals surface area contributed by atoms with E-state index in [-0.39, 0.29) is 17.6 Å². The molecule has 35 heavy (non-hydrogen) atoms. The van der Waals surface area contributed by atoms with E-state index in [0.29, 0.717) is 42.5 Å². The molecule has 0 saturated carbocycles. The van der Waals surface area contributed by atoms with Crippen LogP contribution in [-0.4, -0.2) is 43.4 Å². The molecular formula is C27H26FN5O2. The van der Waals surface area contributed by atoms with Crippen LogP contribution in [0, 0.1) is 12.7 Å². The van der Waals surface area contributed by atoms with Crippen molar-refractivity contribution in [3.8, 4) is 11.6 Å². The van der Waals surface area contributed by atoms with Crippen LogP contribution in [-0.2, 0) is 6.54 Å². The van der Waals surface area contributed by atoms with E-state index >= 15 is 0 Å². The lowest BCUT2D eigenvalue weighted by Crippen LogP contribution is -2.39. The molecule has 1 saturated heterocycles. The maximum absolute atomic E-state index is 13.4. The first kappa shape index (κ1) is 22.7. The van der Waals surface area contributed by atoms with Gasteiger partial charge in [-0.2, -0.15) is 0 Å². The lowest BCUT2D eigenvalue weighted by molar-refractivity contribution is 0.0704. The van der Waals surface area contributed by atoms with Crippen molar-refractivity contribution in [2.45, 2.75) is 32.2 Å². The smallest absolute Gasteiger partial charge is 0.253 e. The van der Waals surface area contributed by atoms with E-state index in [9.17, 15) is 9.18 Å². The SMILES string of the molecule is Cc1nccn1Cc1cccc(C(=O)N2CCC[C@@H](c3nccnc3Oc3ccc(F)cc3)C2)c1. The number of hydrogen-bond acceptors (Lipinski definition) is 5. The van der Waals surface area contributed by atoms with Crippen LogP contribution in [0.1, 0.15) is 46.2 Å². The van der Waals surface area contributed by atoms with Gasteiger partial charge in [0.1, 0.15) is 23.1 Å². The van der Waals surface area contributed by atoms with Gasteiger partial charge >= 0.3 is 0 Å². The van der Waals surface area contributed by atoms with Gasteiger partial charge in [0.05, 0.1) is 0 Å². The molecule has 1 fully saturated rings. The molecule has 178 valence electrons. The van der Waals surface area contributed by atoms with Crippen molar-refractivity contribution >= 4 is 5.91 Å². The molecule has 3 heterocycles. The summed E-state index contributed by atoms with van der Waals surface area (Å²) in [6, 6.07) is 13.6. The van der Waals surface area contributed by atoms with Gasteiger partial charge < -0.3 is 14.2 Å². The van der Waals surface area contributed by atoms with Crippen molar-refractivity contribution in [3.05, 3.63) is 102 Å². The number of carbonyl (C=O) groups is 1. The quantitative estimate of drug-likeness (QED) is 0.397. The third-order valence-corrected chi connectivity index (χ3v) is 6.27.